The number of amides is 2. The predicted molar refractivity (Wildman–Crippen MR) is 126 cm³/mol. The number of carbonyl (C=O) groups excluding carboxylic acids is 2. The molecular formula is C26H31N3O3. The molecular weight excluding hydrogens is 402 g/mol. The van der Waals surface area contributed by atoms with Crippen LogP contribution in [0, 0.1) is 5.92 Å². The molecule has 3 aromatic rings. The lowest BCUT2D eigenvalue weighted by molar-refractivity contribution is -0.129. The lowest BCUT2D eigenvalue weighted by Crippen LogP contribution is -2.49. The molecule has 0 spiro atoms. The molecule has 2 aromatic carbocycles. The SMILES string of the molecule is CCCOc1ncccc1CNC(=O)C(NC(=O)Cc1ccc2ccccc2c1)C(C)C. The van der Waals surface area contributed by atoms with Gasteiger partial charge >= 0.3 is 0 Å². The van der Waals surface area contributed by atoms with Crippen LogP contribution in [-0.2, 0) is 22.6 Å². The average Bonchev–Trinajstić information content (AvgIpc) is 2.80. The molecule has 6 heteroatoms. The van der Waals surface area contributed by atoms with Gasteiger partial charge in [0.2, 0.25) is 17.7 Å². The first-order chi connectivity index (χ1) is 15.5. The number of carbonyl (C=O) groups is 2. The topological polar surface area (TPSA) is 80.3 Å². The van der Waals surface area contributed by atoms with E-state index in [0.717, 1.165) is 28.3 Å². The Labute approximate surface area is 189 Å². The number of hydrogen-bond donors (Lipinski definition) is 2. The number of ether oxygens (including phenoxy) is 1. The van der Waals surface area contributed by atoms with E-state index in [0.29, 0.717) is 12.5 Å². The zero-order valence-electron chi connectivity index (χ0n) is 18.9. The Morgan fingerprint density at radius 2 is 1.81 bits per heavy atom. The van der Waals surface area contributed by atoms with Crippen molar-refractivity contribution in [3.63, 3.8) is 0 Å². The van der Waals surface area contributed by atoms with Gasteiger partial charge in [0.25, 0.3) is 0 Å². The maximum absolute atomic E-state index is 12.9. The zero-order valence-corrected chi connectivity index (χ0v) is 18.9. The summed E-state index contributed by atoms with van der Waals surface area (Å²) in [5.74, 6) is 0.0657. The monoisotopic (exact) mass is 433 g/mol. The molecule has 2 amide bonds. The van der Waals surface area contributed by atoms with E-state index in [2.05, 4.69) is 15.6 Å². The smallest absolute Gasteiger partial charge is 0.243 e. The van der Waals surface area contributed by atoms with Crippen molar-refractivity contribution >= 4 is 22.6 Å². The molecule has 0 radical (unpaired) electrons. The molecule has 168 valence electrons. The minimum atomic E-state index is -0.625. The van der Waals surface area contributed by atoms with E-state index in [1.54, 1.807) is 6.20 Å². The summed E-state index contributed by atoms with van der Waals surface area (Å²) < 4.78 is 5.66. The highest BCUT2D eigenvalue weighted by atomic mass is 16.5. The third kappa shape index (κ3) is 6.30. The highest BCUT2D eigenvalue weighted by molar-refractivity contribution is 5.89. The number of fused-ring (bicyclic) bond motifs is 1. The van der Waals surface area contributed by atoms with Crippen molar-refractivity contribution in [2.24, 2.45) is 5.92 Å². The molecule has 3 rings (SSSR count). The fraction of sp³-hybridized carbons (Fsp3) is 0.346. The molecule has 2 N–H and O–H groups in total. The summed E-state index contributed by atoms with van der Waals surface area (Å²) in [7, 11) is 0. The second kappa shape index (κ2) is 11.3. The second-order valence-corrected chi connectivity index (χ2v) is 8.18. The molecule has 0 aliphatic carbocycles. The van der Waals surface area contributed by atoms with Crippen LogP contribution in [0.3, 0.4) is 0 Å². The van der Waals surface area contributed by atoms with Crippen LogP contribution in [0.25, 0.3) is 10.8 Å². The van der Waals surface area contributed by atoms with Gasteiger partial charge in [-0.25, -0.2) is 4.98 Å². The standard InChI is InChI=1S/C26H31N3O3/c1-4-14-32-26-22(10-7-13-27-26)17-28-25(31)24(18(2)3)29-23(30)16-19-11-12-20-8-5-6-9-21(20)15-19/h5-13,15,18,24H,4,14,16-17H2,1-3H3,(H,28,31)(H,29,30). The van der Waals surface area contributed by atoms with E-state index in [4.69, 9.17) is 4.74 Å². The lowest BCUT2D eigenvalue weighted by atomic mass is 10.0. The van der Waals surface area contributed by atoms with Crippen LogP contribution < -0.4 is 15.4 Å². The average molecular weight is 434 g/mol. The summed E-state index contributed by atoms with van der Waals surface area (Å²) in [6.07, 6.45) is 2.76. The Morgan fingerprint density at radius 3 is 2.56 bits per heavy atom. The molecule has 1 atom stereocenters. The summed E-state index contributed by atoms with van der Waals surface area (Å²) >= 11 is 0. The maximum Gasteiger partial charge on any atom is 0.243 e. The first-order valence-electron chi connectivity index (χ1n) is 11.1. The van der Waals surface area contributed by atoms with E-state index < -0.39 is 6.04 Å². The Bertz CT molecular complexity index is 1060. The van der Waals surface area contributed by atoms with Gasteiger partial charge in [0, 0.05) is 18.3 Å². The Balaban J connectivity index is 1.60. The van der Waals surface area contributed by atoms with Gasteiger partial charge in [0.05, 0.1) is 13.0 Å². The van der Waals surface area contributed by atoms with Gasteiger partial charge in [0.1, 0.15) is 6.04 Å². The molecule has 6 nitrogen and oxygen atoms in total. The number of benzene rings is 2. The van der Waals surface area contributed by atoms with Crippen molar-refractivity contribution in [1.29, 1.82) is 0 Å². The second-order valence-electron chi connectivity index (χ2n) is 8.18. The van der Waals surface area contributed by atoms with Crippen molar-refractivity contribution < 1.29 is 14.3 Å². The molecule has 1 heterocycles. The summed E-state index contributed by atoms with van der Waals surface area (Å²) in [4.78, 5) is 29.8. The first-order valence-corrected chi connectivity index (χ1v) is 11.1. The molecule has 0 aliphatic rings. The van der Waals surface area contributed by atoms with Gasteiger partial charge in [0.15, 0.2) is 0 Å². The van der Waals surface area contributed by atoms with Gasteiger partial charge in [-0.3, -0.25) is 9.59 Å². The fourth-order valence-electron chi connectivity index (χ4n) is 3.47. The Kier molecular flexibility index (Phi) is 8.20. The molecule has 1 unspecified atom stereocenters. The van der Waals surface area contributed by atoms with Gasteiger partial charge in [-0.2, -0.15) is 0 Å². The highest BCUT2D eigenvalue weighted by Crippen LogP contribution is 2.17. The van der Waals surface area contributed by atoms with Crippen molar-refractivity contribution in [2.75, 3.05) is 6.61 Å². The van der Waals surface area contributed by atoms with Gasteiger partial charge < -0.3 is 15.4 Å². The van der Waals surface area contributed by atoms with Crippen molar-refractivity contribution in [3.8, 4) is 5.88 Å². The fourth-order valence-corrected chi connectivity index (χ4v) is 3.47. The molecule has 0 fully saturated rings. The minimum absolute atomic E-state index is 0.0553. The quantitative estimate of drug-likeness (QED) is 0.506. The van der Waals surface area contributed by atoms with Crippen LogP contribution in [0.5, 0.6) is 5.88 Å². The van der Waals surface area contributed by atoms with Gasteiger partial charge in [-0.05, 0) is 34.7 Å². The predicted octanol–water partition coefficient (Wildman–Crippen LogP) is 4.02. The summed E-state index contributed by atoms with van der Waals surface area (Å²) in [5.41, 5.74) is 1.72. The number of hydrogen-bond acceptors (Lipinski definition) is 4. The third-order valence-corrected chi connectivity index (χ3v) is 5.19. The van der Waals surface area contributed by atoms with E-state index in [1.807, 2.05) is 75.4 Å². The van der Waals surface area contributed by atoms with Crippen LogP contribution in [0.15, 0.2) is 60.8 Å². The van der Waals surface area contributed by atoms with Crippen molar-refractivity contribution in [3.05, 3.63) is 71.9 Å². The number of nitrogens with zero attached hydrogens (tertiary/aromatic N) is 1. The molecule has 0 saturated carbocycles. The van der Waals surface area contributed by atoms with E-state index in [9.17, 15) is 9.59 Å². The van der Waals surface area contributed by atoms with Gasteiger partial charge in [-0.1, -0.05) is 69.3 Å². The van der Waals surface area contributed by atoms with Crippen LogP contribution >= 0.6 is 0 Å². The Morgan fingerprint density at radius 1 is 1.03 bits per heavy atom. The maximum atomic E-state index is 12.9. The van der Waals surface area contributed by atoms with Crippen molar-refractivity contribution in [2.45, 2.75) is 46.2 Å². The third-order valence-electron chi connectivity index (χ3n) is 5.19. The first kappa shape index (κ1) is 23.3. The Hall–Kier alpha value is -3.41. The lowest BCUT2D eigenvalue weighted by Gasteiger charge is -2.22. The van der Waals surface area contributed by atoms with E-state index in [-0.39, 0.29) is 30.7 Å². The van der Waals surface area contributed by atoms with Crippen LogP contribution in [0.4, 0.5) is 0 Å². The molecule has 0 aliphatic heterocycles. The molecule has 0 saturated heterocycles. The van der Waals surface area contributed by atoms with Crippen LogP contribution in [-0.4, -0.2) is 29.4 Å². The number of rotatable bonds is 10. The van der Waals surface area contributed by atoms with Crippen LogP contribution in [0.1, 0.15) is 38.3 Å². The zero-order chi connectivity index (χ0) is 22.9. The molecule has 32 heavy (non-hydrogen) atoms. The summed E-state index contributed by atoms with van der Waals surface area (Å²) in [6.45, 7) is 6.71. The number of aromatic nitrogens is 1. The van der Waals surface area contributed by atoms with E-state index >= 15 is 0 Å². The number of nitrogens with one attached hydrogen (secondary N) is 2. The highest BCUT2D eigenvalue weighted by Gasteiger charge is 2.24. The molecule has 0 bridgehead atoms. The molecule has 1 aromatic heterocycles. The summed E-state index contributed by atoms with van der Waals surface area (Å²) in [5, 5.41) is 8.04. The van der Waals surface area contributed by atoms with Crippen LogP contribution in [0.2, 0.25) is 0 Å². The number of pyridine rings is 1. The largest absolute Gasteiger partial charge is 0.477 e. The van der Waals surface area contributed by atoms with E-state index in [1.165, 1.54) is 0 Å². The normalized spacial score (nSPS) is 11.9. The minimum Gasteiger partial charge on any atom is -0.477 e. The summed E-state index contributed by atoms with van der Waals surface area (Å²) in [6, 6.07) is 17.1. The van der Waals surface area contributed by atoms with Gasteiger partial charge in [-0.15, -0.1) is 0 Å². The van der Waals surface area contributed by atoms with Crippen molar-refractivity contribution in [1.82, 2.24) is 15.6 Å².